The van der Waals surface area contributed by atoms with Gasteiger partial charge in [-0.3, -0.25) is 4.79 Å². The summed E-state index contributed by atoms with van der Waals surface area (Å²) < 4.78 is 0. The second-order valence-corrected chi connectivity index (χ2v) is 6.04. The Bertz CT molecular complexity index is 773. The molecule has 0 saturated carbocycles. The van der Waals surface area contributed by atoms with Gasteiger partial charge in [0, 0.05) is 17.8 Å². The molecule has 0 fully saturated rings. The summed E-state index contributed by atoms with van der Waals surface area (Å²) in [5, 5.41) is 8.30. The third-order valence-electron chi connectivity index (χ3n) is 3.69. The molecule has 0 bridgehead atoms. The smallest absolute Gasteiger partial charge is 0.241 e. The molecule has 4 heteroatoms. The van der Waals surface area contributed by atoms with Crippen molar-refractivity contribution >= 4 is 22.4 Å². The standard InChI is InChI=1S/C20H25N3O/c1-4-17(22-13-14(2)3)12-19(21)20(24)23-18-10-9-15-7-5-6-8-16(15)11-18/h4-11,13,19,22H,12,21H2,1-3H3,(H,23,24)/b17-4-. The number of carbonyl (C=O) groups excluding carboxylic acids is 1. The highest BCUT2D eigenvalue weighted by Crippen LogP contribution is 2.19. The van der Waals surface area contributed by atoms with Crippen LogP contribution in [0.4, 0.5) is 5.69 Å². The molecule has 0 saturated heterocycles. The number of nitrogens with two attached hydrogens (primary N) is 1. The van der Waals surface area contributed by atoms with Crippen molar-refractivity contribution in [2.45, 2.75) is 33.2 Å². The van der Waals surface area contributed by atoms with E-state index in [1.54, 1.807) is 0 Å². The van der Waals surface area contributed by atoms with Gasteiger partial charge in [0.1, 0.15) is 0 Å². The van der Waals surface area contributed by atoms with Crippen LogP contribution >= 0.6 is 0 Å². The zero-order chi connectivity index (χ0) is 17.5. The van der Waals surface area contributed by atoms with Crippen LogP contribution in [0.2, 0.25) is 0 Å². The van der Waals surface area contributed by atoms with Crippen molar-refractivity contribution in [1.29, 1.82) is 0 Å². The van der Waals surface area contributed by atoms with Gasteiger partial charge in [-0.25, -0.2) is 0 Å². The first-order chi connectivity index (χ1) is 11.5. The first-order valence-corrected chi connectivity index (χ1v) is 8.10. The van der Waals surface area contributed by atoms with Gasteiger partial charge in [-0.15, -0.1) is 0 Å². The molecule has 2 rings (SSSR count). The summed E-state index contributed by atoms with van der Waals surface area (Å²) in [6.07, 6.45) is 4.30. The van der Waals surface area contributed by atoms with Gasteiger partial charge in [-0.05, 0) is 49.9 Å². The molecule has 2 aromatic rings. The van der Waals surface area contributed by atoms with Crippen molar-refractivity contribution < 1.29 is 4.79 Å². The molecule has 24 heavy (non-hydrogen) atoms. The summed E-state index contributed by atoms with van der Waals surface area (Å²) in [5.41, 5.74) is 8.89. The fourth-order valence-corrected chi connectivity index (χ4v) is 2.33. The fourth-order valence-electron chi connectivity index (χ4n) is 2.33. The molecule has 0 spiro atoms. The molecule has 0 aliphatic carbocycles. The molecule has 1 atom stereocenters. The van der Waals surface area contributed by atoms with E-state index in [9.17, 15) is 4.79 Å². The number of benzene rings is 2. The van der Waals surface area contributed by atoms with Crippen LogP contribution in [0.5, 0.6) is 0 Å². The summed E-state index contributed by atoms with van der Waals surface area (Å²) in [6, 6.07) is 13.3. The zero-order valence-electron chi connectivity index (χ0n) is 14.5. The lowest BCUT2D eigenvalue weighted by molar-refractivity contribution is -0.117. The maximum absolute atomic E-state index is 12.3. The zero-order valence-corrected chi connectivity index (χ0v) is 14.5. The topological polar surface area (TPSA) is 67.2 Å². The Morgan fingerprint density at radius 1 is 1.17 bits per heavy atom. The van der Waals surface area contributed by atoms with Crippen molar-refractivity contribution in [2.24, 2.45) is 5.73 Å². The average Bonchev–Trinajstić information content (AvgIpc) is 2.58. The van der Waals surface area contributed by atoms with Crippen LogP contribution in [-0.4, -0.2) is 11.9 Å². The van der Waals surface area contributed by atoms with Crippen LogP contribution in [0.25, 0.3) is 10.8 Å². The number of hydrogen-bond acceptors (Lipinski definition) is 3. The predicted octanol–water partition coefficient (Wildman–Crippen LogP) is 3.91. The van der Waals surface area contributed by atoms with E-state index in [0.29, 0.717) is 6.42 Å². The Hall–Kier alpha value is -2.59. The van der Waals surface area contributed by atoms with Crippen LogP contribution in [0.15, 0.2) is 66.0 Å². The van der Waals surface area contributed by atoms with Gasteiger partial charge in [-0.2, -0.15) is 0 Å². The monoisotopic (exact) mass is 323 g/mol. The number of nitrogens with one attached hydrogen (secondary N) is 2. The molecule has 4 N–H and O–H groups in total. The second kappa shape index (κ2) is 8.31. The van der Waals surface area contributed by atoms with Crippen molar-refractivity contribution in [3.63, 3.8) is 0 Å². The first-order valence-electron chi connectivity index (χ1n) is 8.10. The highest BCUT2D eigenvalue weighted by atomic mass is 16.2. The molecule has 126 valence electrons. The molecule has 0 radical (unpaired) electrons. The van der Waals surface area contributed by atoms with E-state index in [0.717, 1.165) is 27.7 Å². The van der Waals surface area contributed by atoms with Crippen molar-refractivity contribution in [1.82, 2.24) is 5.32 Å². The van der Waals surface area contributed by atoms with Crippen molar-refractivity contribution in [2.75, 3.05) is 5.32 Å². The minimum absolute atomic E-state index is 0.191. The molecule has 1 unspecified atom stereocenters. The number of fused-ring (bicyclic) bond motifs is 1. The quantitative estimate of drug-likeness (QED) is 0.755. The molecule has 1 amide bonds. The maximum Gasteiger partial charge on any atom is 0.241 e. The van der Waals surface area contributed by atoms with Gasteiger partial charge < -0.3 is 16.4 Å². The van der Waals surface area contributed by atoms with E-state index < -0.39 is 6.04 Å². The minimum Gasteiger partial charge on any atom is -0.365 e. The number of carbonyl (C=O) groups is 1. The molecule has 2 aromatic carbocycles. The van der Waals surface area contributed by atoms with Gasteiger partial charge in [0.15, 0.2) is 0 Å². The number of amides is 1. The van der Waals surface area contributed by atoms with E-state index >= 15 is 0 Å². The third kappa shape index (κ3) is 4.96. The normalized spacial score (nSPS) is 12.6. The maximum atomic E-state index is 12.3. The summed E-state index contributed by atoms with van der Waals surface area (Å²) in [6.45, 7) is 5.94. The number of hydrogen-bond donors (Lipinski definition) is 3. The van der Waals surface area contributed by atoms with Crippen molar-refractivity contribution in [3.8, 4) is 0 Å². The largest absolute Gasteiger partial charge is 0.365 e. The average molecular weight is 323 g/mol. The van der Waals surface area contributed by atoms with E-state index in [1.807, 2.05) is 75.5 Å². The van der Waals surface area contributed by atoms with Gasteiger partial charge in [0.05, 0.1) is 6.04 Å². The lowest BCUT2D eigenvalue weighted by Gasteiger charge is -2.15. The molecule has 0 aliphatic rings. The van der Waals surface area contributed by atoms with Gasteiger partial charge in [-0.1, -0.05) is 42.0 Å². The van der Waals surface area contributed by atoms with E-state index in [1.165, 1.54) is 0 Å². The summed E-state index contributed by atoms with van der Waals surface area (Å²) in [5.74, 6) is -0.191. The van der Waals surface area contributed by atoms with Crippen LogP contribution in [-0.2, 0) is 4.79 Å². The minimum atomic E-state index is -0.610. The fraction of sp³-hybridized carbons (Fsp3) is 0.250. The van der Waals surface area contributed by atoms with Crippen LogP contribution in [0.3, 0.4) is 0 Å². The van der Waals surface area contributed by atoms with E-state index in [2.05, 4.69) is 10.6 Å². The Morgan fingerprint density at radius 2 is 1.88 bits per heavy atom. The molecular formula is C20H25N3O. The summed E-state index contributed by atoms with van der Waals surface area (Å²) >= 11 is 0. The lowest BCUT2D eigenvalue weighted by atomic mass is 10.1. The summed E-state index contributed by atoms with van der Waals surface area (Å²) in [4.78, 5) is 12.3. The Balaban J connectivity index is 2.00. The Labute approximate surface area is 143 Å². The van der Waals surface area contributed by atoms with Crippen LogP contribution in [0.1, 0.15) is 27.2 Å². The molecule has 0 heterocycles. The SMILES string of the molecule is C/C=C(/CC(N)C(=O)Nc1ccc2ccccc2c1)NC=C(C)C. The predicted molar refractivity (Wildman–Crippen MR) is 101 cm³/mol. The summed E-state index contributed by atoms with van der Waals surface area (Å²) in [7, 11) is 0. The lowest BCUT2D eigenvalue weighted by Crippen LogP contribution is -2.37. The van der Waals surface area contributed by atoms with Crippen molar-refractivity contribution in [3.05, 3.63) is 66.0 Å². The third-order valence-corrected chi connectivity index (χ3v) is 3.69. The number of rotatable bonds is 6. The van der Waals surface area contributed by atoms with Crippen LogP contribution < -0.4 is 16.4 Å². The molecule has 4 nitrogen and oxygen atoms in total. The van der Waals surface area contributed by atoms with E-state index in [4.69, 9.17) is 5.73 Å². The molecular weight excluding hydrogens is 298 g/mol. The van der Waals surface area contributed by atoms with Gasteiger partial charge >= 0.3 is 0 Å². The van der Waals surface area contributed by atoms with Gasteiger partial charge in [0.25, 0.3) is 0 Å². The first kappa shape index (κ1) is 17.8. The molecule has 0 aliphatic heterocycles. The molecule has 0 aromatic heterocycles. The second-order valence-electron chi connectivity index (χ2n) is 6.04. The van der Waals surface area contributed by atoms with Gasteiger partial charge in [0.2, 0.25) is 5.91 Å². The highest BCUT2D eigenvalue weighted by Gasteiger charge is 2.15. The number of allylic oxidation sites excluding steroid dienone is 2. The Kier molecular flexibility index (Phi) is 6.15. The Morgan fingerprint density at radius 3 is 2.54 bits per heavy atom. The van der Waals surface area contributed by atoms with E-state index in [-0.39, 0.29) is 5.91 Å². The highest BCUT2D eigenvalue weighted by molar-refractivity contribution is 5.97. The number of anilines is 1. The van der Waals surface area contributed by atoms with Crippen LogP contribution in [0, 0.1) is 0 Å².